The van der Waals surface area contributed by atoms with Gasteiger partial charge in [0, 0.05) is 17.8 Å². The van der Waals surface area contributed by atoms with Crippen LogP contribution < -0.4 is 10.2 Å². The number of rotatable bonds is 6. The standard InChI is InChI=1S/C18H19FN2O2S/c19-14-7-1-2-8-16(14)21-11-10-15(18(21)23)20-17(22)9-3-5-13-6-4-12-24-13/h1-2,4,6-8,12,15H,3,5,9-11H2,(H,20,22)/t15-/m1/s1. The molecule has 1 fully saturated rings. The van der Waals surface area contributed by atoms with E-state index in [-0.39, 0.29) is 17.5 Å². The first kappa shape index (κ1) is 16.6. The number of para-hydroxylation sites is 1. The molecule has 0 saturated carbocycles. The topological polar surface area (TPSA) is 49.4 Å². The van der Waals surface area contributed by atoms with Crippen LogP contribution in [0, 0.1) is 5.82 Å². The van der Waals surface area contributed by atoms with Crippen LogP contribution in [0.1, 0.15) is 24.1 Å². The van der Waals surface area contributed by atoms with Gasteiger partial charge in [-0.15, -0.1) is 11.3 Å². The maximum absolute atomic E-state index is 13.8. The first-order valence-corrected chi connectivity index (χ1v) is 8.91. The van der Waals surface area contributed by atoms with Crippen molar-refractivity contribution in [2.75, 3.05) is 11.4 Å². The van der Waals surface area contributed by atoms with Gasteiger partial charge in [-0.3, -0.25) is 9.59 Å². The van der Waals surface area contributed by atoms with E-state index in [4.69, 9.17) is 0 Å². The average molecular weight is 346 g/mol. The lowest BCUT2D eigenvalue weighted by Crippen LogP contribution is -2.41. The van der Waals surface area contributed by atoms with Gasteiger partial charge in [0.2, 0.25) is 11.8 Å². The molecule has 1 aromatic carbocycles. The zero-order chi connectivity index (χ0) is 16.9. The number of aryl methyl sites for hydroxylation is 1. The lowest BCUT2D eigenvalue weighted by molar-refractivity contribution is -0.126. The van der Waals surface area contributed by atoms with Gasteiger partial charge in [-0.25, -0.2) is 4.39 Å². The van der Waals surface area contributed by atoms with Crippen molar-refractivity contribution in [2.45, 2.75) is 31.7 Å². The van der Waals surface area contributed by atoms with Crippen molar-refractivity contribution < 1.29 is 14.0 Å². The lowest BCUT2D eigenvalue weighted by atomic mass is 10.2. The van der Waals surface area contributed by atoms with Crippen molar-refractivity contribution in [1.29, 1.82) is 0 Å². The SMILES string of the molecule is O=C(CCCc1cccs1)N[C@@H]1CCN(c2ccccc2F)C1=O. The molecule has 2 amide bonds. The summed E-state index contributed by atoms with van der Waals surface area (Å²) in [6, 6.07) is 9.69. The molecule has 1 aromatic heterocycles. The molecule has 1 atom stereocenters. The minimum Gasteiger partial charge on any atom is -0.344 e. The maximum atomic E-state index is 13.8. The predicted octanol–water partition coefficient (Wildman–Crippen LogP) is 3.13. The molecule has 6 heteroatoms. The number of carbonyl (C=O) groups is 2. The van der Waals surface area contributed by atoms with Crippen LogP contribution in [0.5, 0.6) is 0 Å². The number of benzene rings is 1. The Labute approximate surface area is 144 Å². The van der Waals surface area contributed by atoms with Crippen LogP contribution in [0.25, 0.3) is 0 Å². The Morgan fingerprint density at radius 2 is 2.12 bits per heavy atom. The first-order chi connectivity index (χ1) is 11.6. The van der Waals surface area contributed by atoms with E-state index in [9.17, 15) is 14.0 Å². The van der Waals surface area contributed by atoms with Crippen LogP contribution in [0.15, 0.2) is 41.8 Å². The van der Waals surface area contributed by atoms with Gasteiger partial charge >= 0.3 is 0 Å². The highest BCUT2D eigenvalue weighted by atomic mass is 32.1. The fourth-order valence-electron chi connectivity index (χ4n) is 2.87. The molecule has 24 heavy (non-hydrogen) atoms. The second kappa shape index (κ2) is 7.57. The smallest absolute Gasteiger partial charge is 0.249 e. The molecule has 3 rings (SSSR count). The van der Waals surface area contributed by atoms with Gasteiger partial charge in [0.05, 0.1) is 5.69 Å². The summed E-state index contributed by atoms with van der Waals surface area (Å²) in [5.74, 6) is -0.791. The molecule has 1 N–H and O–H groups in total. The summed E-state index contributed by atoms with van der Waals surface area (Å²) >= 11 is 1.68. The highest BCUT2D eigenvalue weighted by Gasteiger charge is 2.34. The largest absolute Gasteiger partial charge is 0.344 e. The van der Waals surface area contributed by atoms with E-state index in [1.807, 2.05) is 11.4 Å². The Hall–Kier alpha value is -2.21. The van der Waals surface area contributed by atoms with Crippen LogP contribution in [-0.2, 0) is 16.0 Å². The zero-order valence-electron chi connectivity index (χ0n) is 13.2. The number of thiophene rings is 1. The Morgan fingerprint density at radius 1 is 1.29 bits per heavy atom. The van der Waals surface area contributed by atoms with E-state index in [0.717, 1.165) is 12.8 Å². The molecule has 126 valence electrons. The number of hydrogen-bond acceptors (Lipinski definition) is 3. The van der Waals surface area contributed by atoms with E-state index in [0.29, 0.717) is 19.4 Å². The summed E-state index contributed by atoms with van der Waals surface area (Å²) in [4.78, 5) is 27.1. The average Bonchev–Trinajstić information content (AvgIpc) is 3.19. The van der Waals surface area contributed by atoms with Crippen molar-refractivity contribution in [1.82, 2.24) is 5.32 Å². The van der Waals surface area contributed by atoms with Gasteiger partial charge in [0.15, 0.2) is 0 Å². The van der Waals surface area contributed by atoms with Gasteiger partial charge in [-0.1, -0.05) is 18.2 Å². The number of amides is 2. The van der Waals surface area contributed by atoms with Crippen molar-refractivity contribution in [3.63, 3.8) is 0 Å². The normalized spacial score (nSPS) is 17.3. The molecule has 1 saturated heterocycles. The van der Waals surface area contributed by atoms with Crippen LogP contribution >= 0.6 is 11.3 Å². The van der Waals surface area contributed by atoms with Crippen LogP contribution in [-0.4, -0.2) is 24.4 Å². The predicted molar refractivity (Wildman–Crippen MR) is 92.6 cm³/mol. The molecule has 4 nitrogen and oxygen atoms in total. The van der Waals surface area contributed by atoms with Gasteiger partial charge in [0.1, 0.15) is 11.9 Å². The lowest BCUT2D eigenvalue weighted by Gasteiger charge is -2.17. The molecule has 0 aliphatic carbocycles. The number of nitrogens with one attached hydrogen (secondary N) is 1. The number of halogens is 1. The zero-order valence-corrected chi connectivity index (χ0v) is 14.0. The third-order valence-electron chi connectivity index (χ3n) is 4.09. The monoisotopic (exact) mass is 346 g/mol. The molecule has 0 bridgehead atoms. The highest BCUT2D eigenvalue weighted by Crippen LogP contribution is 2.24. The number of hydrogen-bond donors (Lipinski definition) is 1. The maximum Gasteiger partial charge on any atom is 0.249 e. The molecule has 1 aliphatic rings. The fourth-order valence-corrected chi connectivity index (χ4v) is 3.62. The Kier molecular flexibility index (Phi) is 5.25. The number of nitrogens with zero attached hydrogens (tertiary/aromatic N) is 1. The Balaban J connectivity index is 1.50. The molecule has 0 radical (unpaired) electrons. The van der Waals surface area contributed by atoms with Crippen molar-refractivity contribution >= 4 is 28.8 Å². The van der Waals surface area contributed by atoms with E-state index >= 15 is 0 Å². The van der Waals surface area contributed by atoms with Gasteiger partial charge < -0.3 is 10.2 Å². The molecule has 2 aromatic rings. The summed E-state index contributed by atoms with van der Waals surface area (Å²) in [5.41, 5.74) is 0.275. The summed E-state index contributed by atoms with van der Waals surface area (Å²) in [6.07, 6.45) is 2.51. The highest BCUT2D eigenvalue weighted by molar-refractivity contribution is 7.09. The first-order valence-electron chi connectivity index (χ1n) is 8.03. The second-order valence-corrected chi connectivity index (χ2v) is 6.82. The fraction of sp³-hybridized carbons (Fsp3) is 0.333. The quantitative estimate of drug-likeness (QED) is 0.874. The van der Waals surface area contributed by atoms with E-state index < -0.39 is 11.9 Å². The summed E-state index contributed by atoms with van der Waals surface area (Å²) in [5, 5.41) is 4.80. The van der Waals surface area contributed by atoms with Crippen LogP contribution in [0.2, 0.25) is 0 Å². The molecule has 2 heterocycles. The Bertz CT molecular complexity index is 718. The molecule has 1 aliphatic heterocycles. The summed E-state index contributed by atoms with van der Waals surface area (Å²) in [7, 11) is 0. The van der Waals surface area contributed by atoms with Crippen LogP contribution in [0.4, 0.5) is 10.1 Å². The second-order valence-electron chi connectivity index (χ2n) is 5.78. The third-order valence-corrected chi connectivity index (χ3v) is 5.03. The van der Waals surface area contributed by atoms with E-state index in [1.54, 1.807) is 29.5 Å². The van der Waals surface area contributed by atoms with E-state index in [2.05, 4.69) is 11.4 Å². The number of anilines is 1. The van der Waals surface area contributed by atoms with E-state index in [1.165, 1.54) is 15.8 Å². The van der Waals surface area contributed by atoms with Gasteiger partial charge in [-0.05, 0) is 42.8 Å². The summed E-state index contributed by atoms with van der Waals surface area (Å²) in [6.45, 7) is 0.417. The van der Waals surface area contributed by atoms with Crippen molar-refractivity contribution in [3.05, 3.63) is 52.5 Å². The molecule has 0 spiro atoms. The third kappa shape index (κ3) is 3.82. The molecular formula is C18H19FN2O2S. The van der Waals surface area contributed by atoms with Crippen molar-refractivity contribution in [2.24, 2.45) is 0 Å². The number of carbonyl (C=O) groups excluding carboxylic acids is 2. The van der Waals surface area contributed by atoms with Crippen molar-refractivity contribution in [3.8, 4) is 0 Å². The van der Waals surface area contributed by atoms with Crippen LogP contribution in [0.3, 0.4) is 0 Å². The Morgan fingerprint density at radius 3 is 2.88 bits per heavy atom. The molecular weight excluding hydrogens is 327 g/mol. The van der Waals surface area contributed by atoms with Gasteiger partial charge in [0.25, 0.3) is 0 Å². The van der Waals surface area contributed by atoms with Gasteiger partial charge in [-0.2, -0.15) is 0 Å². The molecule has 0 unspecified atom stereocenters. The summed E-state index contributed by atoms with van der Waals surface area (Å²) < 4.78 is 13.8. The minimum absolute atomic E-state index is 0.125. The minimum atomic E-state index is -0.557.